The number of ether oxygens (including phenoxy) is 1. The fourth-order valence-corrected chi connectivity index (χ4v) is 5.39. The molecule has 0 fully saturated rings. The summed E-state index contributed by atoms with van der Waals surface area (Å²) in [5, 5.41) is 12.9. The molecule has 0 saturated heterocycles. The highest BCUT2D eigenvalue weighted by molar-refractivity contribution is 7.90. The zero-order valence-electron chi connectivity index (χ0n) is 21.3. The van der Waals surface area contributed by atoms with Crippen LogP contribution in [0.1, 0.15) is 42.3 Å². The number of carbonyl (C=O) groups excluding carboxylic acids is 2. The Morgan fingerprint density at radius 3 is 2.53 bits per heavy atom. The SMILES string of the molecule is CC(C)(C)OC(=O)N1Cc2cc(Cl)c(C(=O)NC(Cc3cccc(S(C)(=O)=O)c3)C(=O)O)c3ccn(c23)C1. The van der Waals surface area contributed by atoms with Gasteiger partial charge in [0.1, 0.15) is 18.3 Å². The first kappa shape index (κ1) is 27.5. The van der Waals surface area contributed by atoms with Crippen molar-refractivity contribution in [3.05, 3.63) is 64.3 Å². The van der Waals surface area contributed by atoms with Crippen LogP contribution in [0, 0.1) is 0 Å². The summed E-state index contributed by atoms with van der Waals surface area (Å²) < 4.78 is 31.0. The van der Waals surface area contributed by atoms with Gasteiger partial charge in [-0.3, -0.25) is 9.69 Å². The monoisotopic (exact) mass is 561 g/mol. The number of aromatic nitrogens is 1. The van der Waals surface area contributed by atoms with E-state index in [0.717, 1.165) is 11.8 Å². The van der Waals surface area contributed by atoms with Crippen molar-refractivity contribution < 1.29 is 32.6 Å². The number of sulfone groups is 1. The van der Waals surface area contributed by atoms with Crippen molar-refractivity contribution in [2.45, 2.75) is 56.9 Å². The van der Waals surface area contributed by atoms with Crippen LogP contribution in [0.5, 0.6) is 0 Å². The van der Waals surface area contributed by atoms with Crippen LogP contribution >= 0.6 is 11.6 Å². The van der Waals surface area contributed by atoms with Gasteiger partial charge in [0.05, 0.1) is 27.5 Å². The molecule has 2 amide bonds. The second kappa shape index (κ2) is 9.95. The normalized spacial score (nSPS) is 14.3. The van der Waals surface area contributed by atoms with E-state index in [4.69, 9.17) is 16.3 Å². The fourth-order valence-electron chi connectivity index (χ4n) is 4.38. The molecule has 1 aliphatic heterocycles. The Morgan fingerprint density at radius 1 is 1.18 bits per heavy atom. The van der Waals surface area contributed by atoms with Gasteiger partial charge < -0.3 is 19.7 Å². The molecule has 0 spiro atoms. The summed E-state index contributed by atoms with van der Waals surface area (Å²) >= 11 is 6.52. The van der Waals surface area contributed by atoms with Gasteiger partial charge in [-0.15, -0.1) is 0 Å². The minimum atomic E-state index is -3.48. The number of hydrogen-bond donors (Lipinski definition) is 2. The molecule has 0 saturated carbocycles. The van der Waals surface area contributed by atoms with Crippen molar-refractivity contribution in [3.8, 4) is 0 Å². The first-order chi connectivity index (χ1) is 17.6. The van der Waals surface area contributed by atoms with Gasteiger partial charge in [-0.2, -0.15) is 0 Å². The summed E-state index contributed by atoms with van der Waals surface area (Å²) in [5.41, 5.74) is 1.33. The van der Waals surface area contributed by atoms with Gasteiger partial charge in [0.25, 0.3) is 5.91 Å². The average molecular weight is 562 g/mol. The van der Waals surface area contributed by atoms with Crippen LogP contribution < -0.4 is 5.32 Å². The van der Waals surface area contributed by atoms with E-state index >= 15 is 0 Å². The number of nitrogens with zero attached hydrogens (tertiary/aromatic N) is 2. The van der Waals surface area contributed by atoms with Gasteiger partial charge in [0.15, 0.2) is 9.84 Å². The average Bonchev–Trinajstić information content (AvgIpc) is 3.21. The molecule has 12 heteroatoms. The Morgan fingerprint density at radius 2 is 1.89 bits per heavy atom. The quantitative estimate of drug-likeness (QED) is 0.467. The molecule has 10 nitrogen and oxygen atoms in total. The number of halogens is 1. The lowest BCUT2D eigenvalue weighted by Crippen LogP contribution is -2.42. The number of rotatable bonds is 6. The number of carboxylic acid groups (broad SMARTS) is 1. The van der Waals surface area contributed by atoms with E-state index in [-0.39, 0.29) is 35.1 Å². The molecule has 1 unspecified atom stereocenters. The van der Waals surface area contributed by atoms with Gasteiger partial charge in [-0.25, -0.2) is 18.0 Å². The highest BCUT2D eigenvalue weighted by atomic mass is 35.5. The molecule has 0 radical (unpaired) electrons. The molecule has 1 aromatic heterocycles. The van der Waals surface area contributed by atoms with Crippen LogP contribution in [0.25, 0.3) is 10.9 Å². The smallest absolute Gasteiger partial charge is 0.412 e. The summed E-state index contributed by atoms with van der Waals surface area (Å²) in [5.74, 6) is -1.96. The number of carboxylic acids is 1. The largest absolute Gasteiger partial charge is 0.480 e. The molecule has 4 rings (SSSR count). The molecule has 1 atom stereocenters. The number of carbonyl (C=O) groups is 3. The summed E-state index contributed by atoms with van der Waals surface area (Å²) in [7, 11) is -3.48. The molecule has 202 valence electrons. The highest BCUT2D eigenvalue weighted by Crippen LogP contribution is 2.34. The minimum absolute atomic E-state index is 0.0574. The van der Waals surface area contributed by atoms with Gasteiger partial charge >= 0.3 is 12.1 Å². The first-order valence-electron chi connectivity index (χ1n) is 11.7. The van der Waals surface area contributed by atoms with E-state index in [1.165, 1.54) is 23.1 Å². The van der Waals surface area contributed by atoms with Crippen molar-refractivity contribution in [3.63, 3.8) is 0 Å². The van der Waals surface area contributed by atoms with Gasteiger partial charge in [-0.1, -0.05) is 23.7 Å². The molecule has 0 aliphatic carbocycles. The number of aliphatic carboxylic acids is 1. The standard InChI is InChI=1S/C26H28ClN3O7S/c1-26(2,3)37-25(34)30-13-16-12-19(27)21(18-8-9-29(14-30)22(16)18)23(31)28-20(24(32)33)11-15-6-5-7-17(10-15)38(4,35)36/h5-10,12,20H,11,13-14H2,1-4H3,(H,28,31)(H,32,33). The molecule has 2 heterocycles. The van der Waals surface area contributed by atoms with E-state index in [9.17, 15) is 27.9 Å². The Labute approximate surface area is 225 Å². The van der Waals surface area contributed by atoms with Crippen LogP contribution in [0.3, 0.4) is 0 Å². The molecule has 2 aromatic carbocycles. The maximum absolute atomic E-state index is 13.3. The van der Waals surface area contributed by atoms with E-state index in [0.29, 0.717) is 16.5 Å². The van der Waals surface area contributed by atoms with Crippen molar-refractivity contribution in [1.29, 1.82) is 0 Å². The van der Waals surface area contributed by atoms with Gasteiger partial charge in [0.2, 0.25) is 0 Å². The topological polar surface area (TPSA) is 135 Å². The van der Waals surface area contributed by atoms with E-state index in [1.807, 2.05) is 0 Å². The number of nitrogens with one attached hydrogen (secondary N) is 1. The molecule has 0 bridgehead atoms. The predicted molar refractivity (Wildman–Crippen MR) is 141 cm³/mol. The van der Waals surface area contributed by atoms with Gasteiger partial charge in [0, 0.05) is 24.3 Å². The van der Waals surface area contributed by atoms with Crippen LogP contribution in [0.2, 0.25) is 5.02 Å². The van der Waals surface area contributed by atoms with Crippen molar-refractivity contribution in [2.24, 2.45) is 0 Å². The third-order valence-electron chi connectivity index (χ3n) is 6.01. The molecule has 1 aliphatic rings. The summed E-state index contributed by atoms with van der Waals surface area (Å²) in [6.45, 7) is 5.79. The van der Waals surface area contributed by atoms with Crippen LogP contribution in [-0.4, -0.2) is 58.9 Å². The van der Waals surface area contributed by atoms with Crippen LogP contribution in [0.4, 0.5) is 4.79 Å². The maximum atomic E-state index is 13.3. The predicted octanol–water partition coefficient (Wildman–Crippen LogP) is 3.83. The number of amides is 2. The molecule has 3 aromatic rings. The van der Waals surface area contributed by atoms with E-state index < -0.39 is 39.4 Å². The number of hydrogen-bond acceptors (Lipinski definition) is 6. The van der Waals surface area contributed by atoms with Crippen molar-refractivity contribution in [1.82, 2.24) is 14.8 Å². The van der Waals surface area contributed by atoms with Gasteiger partial charge in [-0.05, 0) is 56.2 Å². The van der Waals surface area contributed by atoms with Crippen molar-refractivity contribution in [2.75, 3.05) is 6.26 Å². The Kier molecular flexibility index (Phi) is 7.19. The van der Waals surface area contributed by atoms with Crippen molar-refractivity contribution >= 4 is 50.3 Å². The lowest BCUT2D eigenvalue weighted by Gasteiger charge is -2.31. The second-order valence-electron chi connectivity index (χ2n) is 10.2. The first-order valence-corrected chi connectivity index (χ1v) is 14.0. The fraction of sp³-hybridized carbons (Fsp3) is 0.346. The third-order valence-corrected chi connectivity index (χ3v) is 7.42. The van der Waals surface area contributed by atoms with E-state index in [2.05, 4.69) is 5.32 Å². The van der Waals surface area contributed by atoms with E-state index in [1.54, 1.807) is 49.7 Å². The summed E-state index contributed by atoms with van der Waals surface area (Å²) in [6.07, 6.45) is 2.18. The molecular formula is C26H28ClN3O7S. The number of benzene rings is 2. The Bertz CT molecular complexity index is 1560. The Hall–Kier alpha value is -3.57. The Balaban J connectivity index is 1.60. The molecule has 2 N–H and O–H groups in total. The molecular weight excluding hydrogens is 534 g/mol. The summed E-state index contributed by atoms with van der Waals surface area (Å²) in [4.78, 5) is 39.5. The zero-order valence-corrected chi connectivity index (χ0v) is 22.9. The minimum Gasteiger partial charge on any atom is -0.480 e. The zero-order chi connectivity index (χ0) is 28.0. The van der Waals surface area contributed by atoms with Crippen LogP contribution in [-0.2, 0) is 39.0 Å². The highest BCUT2D eigenvalue weighted by Gasteiger charge is 2.30. The lowest BCUT2D eigenvalue weighted by atomic mass is 10.0. The lowest BCUT2D eigenvalue weighted by molar-refractivity contribution is -0.139. The molecule has 38 heavy (non-hydrogen) atoms. The van der Waals surface area contributed by atoms with Crippen LogP contribution in [0.15, 0.2) is 47.5 Å². The summed E-state index contributed by atoms with van der Waals surface area (Å²) in [6, 6.07) is 7.89. The second-order valence-corrected chi connectivity index (χ2v) is 12.7. The maximum Gasteiger partial charge on any atom is 0.412 e. The third kappa shape index (κ3) is 5.78.